The summed E-state index contributed by atoms with van der Waals surface area (Å²) in [6.45, 7) is 9.19. The Morgan fingerprint density at radius 3 is 1.89 bits per heavy atom. The average Bonchev–Trinajstić information content (AvgIpc) is 1.64. The van der Waals surface area contributed by atoms with E-state index in [-0.39, 0.29) is 0 Å². The van der Waals surface area contributed by atoms with Crippen LogP contribution in [0.15, 0.2) is 0 Å². The zero-order valence-corrected chi connectivity index (χ0v) is 7.49. The normalized spacial score (nSPS) is 15.8. The molecule has 0 bridgehead atoms. The van der Waals surface area contributed by atoms with Gasteiger partial charge in [0.25, 0.3) is 0 Å². The second kappa shape index (κ2) is 3.69. The Bertz CT molecular complexity index is 71.1. The topological polar surface area (TPSA) is 0 Å². The van der Waals surface area contributed by atoms with Crippen molar-refractivity contribution in [1.29, 1.82) is 0 Å². The zero-order valence-electron chi connectivity index (χ0n) is 7.49. The maximum atomic E-state index is 2.34. The monoisotopic (exact) mass is 120 g/mol. The zero-order chi connectivity index (χ0) is 7.49. The molecule has 0 saturated carbocycles. The third-order valence-corrected chi connectivity index (χ3v) is 2.20. The van der Waals surface area contributed by atoms with Crippen LogP contribution in [0.3, 0.4) is 0 Å². The summed E-state index contributed by atoms with van der Waals surface area (Å²) in [6, 6.07) is 0. The summed E-state index contributed by atoms with van der Waals surface area (Å²) in [5, 5.41) is 0. The molecule has 0 N–H and O–H groups in total. The van der Waals surface area contributed by atoms with E-state index in [9.17, 15) is 0 Å². The third kappa shape index (κ3) is 4.06. The molecule has 0 aliphatic heterocycles. The molecule has 0 saturated heterocycles. The molecule has 9 heavy (non-hydrogen) atoms. The van der Waals surface area contributed by atoms with Gasteiger partial charge < -0.3 is 0 Å². The van der Waals surface area contributed by atoms with Crippen LogP contribution in [0.1, 0.15) is 40.5 Å². The molecular formula is C8H17Li. The molecule has 1 unspecified atom stereocenters. The third-order valence-electron chi connectivity index (χ3n) is 2.20. The molecule has 0 aromatic carbocycles. The van der Waals surface area contributed by atoms with Gasteiger partial charge in [-0.05, 0) is 0 Å². The molecule has 0 amide bonds. The van der Waals surface area contributed by atoms with Crippen molar-refractivity contribution in [2.45, 2.75) is 45.1 Å². The first-order chi connectivity index (χ1) is 3.98. The van der Waals surface area contributed by atoms with Gasteiger partial charge in [0.05, 0.1) is 0 Å². The van der Waals surface area contributed by atoms with Crippen LogP contribution in [-0.4, -0.2) is 17.7 Å². The van der Waals surface area contributed by atoms with E-state index in [0.717, 1.165) is 4.59 Å². The Hall–Kier alpha value is 0.597. The van der Waals surface area contributed by atoms with Gasteiger partial charge in [0.1, 0.15) is 0 Å². The number of hydrogen-bond donors (Lipinski definition) is 0. The van der Waals surface area contributed by atoms with E-state index in [2.05, 4.69) is 45.4 Å². The van der Waals surface area contributed by atoms with Gasteiger partial charge in [0.15, 0.2) is 0 Å². The van der Waals surface area contributed by atoms with Crippen molar-refractivity contribution in [2.24, 2.45) is 5.41 Å². The average molecular weight is 120 g/mol. The van der Waals surface area contributed by atoms with Crippen LogP contribution >= 0.6 is 0 Å². The summed E-state index contributed by atoms with van der Waals surface area (Å²) in [5.41, 5.74) is 0.510. The van der Waals surface area contributed by atoms with Crippen molar-refractivity contribution in [2.75, 3.05) is 0 Å². The van der Waals surface area contributed by atoms with E-state index >= 15 is 0 Å². The van der Waals surface area contributed by atoms with Gasteiger partial charge in [0.2, 0.25) is 0 Å². The summed E-state index contributed by atoms with van der Waals surface area (Å²) >= 11 is 2.34. The van der Waals surface area contributed by atoms with Crippen LogP contribution in [0, 0.1) is 5.41 Å². The molecule has 0 heterocycles. The van der Waals surface area contributed by atoms with E-state index in [0.29, 0.717) is 5.41 Å². The molecule has 0 aromatic rings. The molecule has 0 aliphatic rings. The number of hydrogen-bond acceptors (Lipinski definition) is 0. The van der Waals surface area contributed by atoms with E-state index in [1.54, 1.807) is 0 Å². The SMILES string of the molecule is [Li][CH](CCC)C(C)(C)C. The van der Waals surface area contributed by atoms with Crippen molar-refractivity contribution in [3.8, 4) is 0 Å². The van der Waals surface area contributed by atoms with E-state index in [4.69, 9.17) is 0 Å². The number of rotatable bonds is 2. The summed E-state index contributed by atoms with van der Waals surface area (Å²) < 4.78 is 0.863. The Labute approximate surface area is 68.6 Å². The fourth-order valence-electron chi connectivity index (χ4n) is 0.866. The summed E-state index contributed by atoms with van der Waals surface area (Å²) in [7, 11) is 0. The van der Waals surface area contributed by atoms with Crippen LogP contribution in [0.2, 0.25) is 4.59 Å². The van der Waals surface area contributed by atoms with E-state index in [1.807, 2.05) is 0 Å². The van der Waals surface area contributed by atoms with Gasteiger partial charge in [-0.1, -0.05) is 0 Å². The Balaban J connectivity index is 3.59. The minimum atomic E-state index is 0.510. The quantitative estimate of drug-likeness (QED) is 0.491. The van der Waals surface area contributed by atoms with Crippen LogP contribution in [-0.2, 0) is 0 Å². The van der Waals surface area contributed by atoms with Crippen molar-refractivity contribution < 1.29 is 0 Å². The fraction of sp³-hybridized carbons (Fsp3) is 1.00. The Kier molecular flexibility index (Phi) is 3.93. The second-order valence-electron chi connectivity index (χ2n) is 4.06. The Morgan fingerprint density at radius 2 is 1.78 bits per heavy atom. The van der Waals surface area contributed by atoms with Gasteiger partial charge in [-0.25, -0.2) is 0 Å². The van der Waals surface area contributed by atoms with E-state index < -0.39 is 0 Å². The molecule has 1 heteroatoms. The van der Waals surface area contributed by atoms with Gasteiger partial charge in [-0.3, -0.25) is 0 Å². The van der Waals surface area contributed by atoms with Crippen molar-refractivity contribution in [3.05, 3.63) is 0 Å². The molecule has 1 atom stereocenters. The first kappa shape index (κ1) is 9.60. The minimum absolute atomic E-state index is 0.510. The van der Waals surface area contributed by atoms with Gasteiger partial charge in [-0.15, -0.1) is 0 Å². The van der Waals surface area contributed by atoms with Crippen molar-refractivity contribution in [1.82, 2.24) is 0 Å². The summed E-state index contributed by atoms with van der Waals surface area (Å²) in [6.07, 6.45) is 2.68. The van der Waals surface area contributed by atoms with Crippen molar-refractivity contribution >= 4 is 17.7 Å². The van der Waals surface area contributed by atoms with Crippen LogP contribution < -0.4 is 0 Å². The van der Waals surface area contributed by atoms with Gasteiger partial charge >= 0.3 is 68.3 Å². The summed E-state index contributed by atoms with van der Waals surface area (Å²) in [4.78, 5) is 0. The first-order valence-electron chi connectivity index (χ1n) is 3.98. The van der Waals surface area contributed by atoms with Crippen molar-refractivity contribution in [3.63, 3.8) is 0 Å². The molecule has 0 radical (unpaired) electrons. The molecule has 0 nitrogen and oxygen atoms in total. The van der Waals surface area contributed by atoms with Gasteiger partial charge in [0, 0.05) is 0 Å². The van der Waals surface area contributed by atoms with Crippen LogP contribution in [0.5, 0.6) is 0 Å². The Morgan fingerprint density at radius 1 is 1.33 bits per heavy atom. The molecule has 0 aromatic heterocycles. The fourth-order valence-corrected chi connectivity index (χ4v) is 0.866. The standard InChI is InChI=1S/C8H17.Li/c1-5-6-7-8(2,3)4;/h7H,5-6H2,1-4H3;. The first-order valence-corrected chi connectivity index (χ1v) is 3.98. The molecular weight excluding hydrogens is 103 g/mol. The predicted molar refractivity (Wildman–Crippen MR) is 43.9 cm³/mol. The predicted octanol–water partition coefficient (Wildman–Crippen LogP) is 2.79. The summed E-state index contributed by atoms with van der Waals surface area (Å²) in [5.74, 6) is 0. The van der Waals surface area contributed by atoms with Crippen LogP contribution in [0.4, 0.5) is 0 Å². The molecule has 50 valence electrons. The maximum absolute atomic E-state index is 2.34. The molecule has 0 aliphatic carbocycles. The second-order valence-corrected chi connectivity index (χ2v) is 4.06. The molecule has 0 spiro atoms. The van der Waals surface area contributed by atoms with Crippen LogP contribution in [0.25, 0.3) is 0 Å². The molecule has 0 fully saturated rings. The van der Waals surface area contributed by atoms with E-state index in [1.165, 1.54) is 12.8 Å². The molecule has 0 rings (SSSR count). The van der Waals surface area contributed by atoms with Gasteiger partial charge in [-0.2, -0.15) is 0 Å².